The van der Waals surface area contributed by atoms with Gasteiger partial charge in [-0.25, -0.2) is 4.98 Å². The number of aromatic nitrogens is 1. The molecule has 0 bridgehead atoms. The number of hydrogen-bond donors (Lipinski definition) is 2. The van der Waals surface area contributed by atoms with Crippen molar-refractivity contribution in [3.05, 3.63) is 28.6 Å². The van der Waals surface area contributed by atoms with Gasteiger partial charge in [0.1, 0.15) is 5.01 Å². The minimum absolute atomic E-state index is 0.567. The molecule has 5 nitrogen and oxygen atoms in total. The zero-order valence-electron chi connectivity index (χ0n) is 10.3. The maximum atomic E-state index is 5.27. The molecule has 2 aromatic rings. The summed E-state index contributed by atoms with van der Waals surface area (Å²) in [6, 6.07) is 5.73. The average Bonchev–Trinajstić information content (AvgIpc) is 2.87. The summed E-state index contributed by atoms with van der Waals surface area (Å²) >= 11 is 1.57. The third-order valence-corrected chi connectivity index (χ3v) is 3.33. The second kappa shape index (κ2) is 5.81. The number of nitrogens with zero attached hydrogens (tertiary/aromatic N) is 1. The number of ether oxygens (including phenoxy) is 2. The normalized spacial score (nSPS) is 10.4. The fourth-order valence-corrected chi connectivity index (χ4v) is 2.36. The molecule has 6 heteroatoms. The highest BCUT2D eigenvalue weighted by Crippen LogP contribution is 2.32. The zero-order chi connectivity index (χ0) is 13.0. The molecule has 0 saturated carbocycles. The van der Waals surface area contributed by atoms with Crippen molar-refractivity contribution in [2.75, 3.05) is 14.2 Å². The Labute approximate surface area is 110 Å². The summed E-state index contributed by atoms with van der Waals surface area (Å²) in [4.78, 5) is 4.48. The Hall–Kier alpha value is -1.63. The first-order valence-corrected chi connectivity index (χ1v) is 6.26. The van der Waals surface area contributed by atoms with Gasteiger partial charge in [-0.1, -0.05) is 0 Å². The Balaban J connectivity index is 2.31. The van der Waals surface area contributed by atoms with E-state index in [9.17, 15) is 0 Å². The molecule has 0 aliphatic rings. The summed E-state index contributed by atoms with van der Waals surface area (Å²) in [6.45, 7) is 0.567. The van der Waals surface area contributed by atoms with E-state index < -0.39 is 0 Å². The molecule has 1 heterocycles. The van der Waals surface area contributed by atoms with Gasteiger partial charge in [-0.15, -0.1) is 11.3 Å². The van der Waals surface area contributed by atoms with Gasteiger partial charge in [-0.3, -0.25) is 11.3 Å². The maximum absolute atomic E-state index is 5.27. The topological polar surface area (TPSA) is 69.4 Å². The maximum Gasteiger partial charge on any atom is 0.161 e. The number of benzene rings is 1. The number of nitrogens with one attached hydrogen (secondary N) is 1. The molecule has 3 N–H and O–H groups in total. The van der Waals surface area contributed by atoms with E-state index in [0.29, 0.717) is 18.0 Å². The van der Waals surface area contributed by atoms with Crippen LogP contribution in [0.5, 0.6) is 11.5 Å². The zero-order valence-corrected chi connectivity index (χ0v) is 11.1. The highest BCUT2D eigenvalue weighted by molar-refractivity contribution is 7.09. The van der Waals surface area contributed by atoms with Gasteiger partial charge in [0.2, 0.25) is 0 Å². The van der Waals surface area contributed by atoms with Crippen molar-refractivity contribution in [2.24, 2.45) is 5.84 Å². The third-order valence-electron chi connectivity index (χ3n) is 2.48. The lowest BCUT2D eigenvalue weighted by molar-refractivity contribution is 0.355. The largest absolute Gasteiger partial charge is 0.493 e. The Morgan fingerprint density at radius 3 is 2.72 bits per heavy atom. The minimum atomic E-state index is 0.567. The van der Waals surface area contributed by atoms with Crippen LogP contribution in [0.15, 0.2) is 23.6 Å². The standard InChI is InChI=1S/C12H15N3O2S/c1-16-10-4-3-8(5-11(10)17-2)9-7-18-12(15-9)6-14-13/h3-5,7,14H,6,13H2,1-2H3. The summed E-state index contributed by atoms with van der Waals surface area (Å²) in [7, 11) is 3.23. The molecule has 1 aromatic heterocycles. The number of nitrogens with two attached hydrogens (primary N) is 1. The van der Waals surface area contributed by atoms with Crippen LogP contribution in [0.25, 0.3) is 11.3 Å². The van der Waals surface area contributed by atoms with Gasteiger partial charge in [0.05, 0.1) is 26.5 Å². The van der Waals surface area contributed by atoms with Crippen molar-refractivity contribution in [1.29, 1.82) is 0 Å². The number of hydrogen-bond acceptors (Lipinski definition) is 6. The molecule has 0 fully saturated rings. The first-order chi connectivity index (χ1) is 8.78. The van der Waals surface area contributed by atoms with Crippen molar-refractivity contribution in [3.63, 3.8) is 0 Å². The van der Waals surface area contributed by atoms with Crippen LogP contribution in [0, 0.1) is 0 Å². The Kier molecular flexibility index (Phi) is 4.14. The van der Waals surface area contributed by atoms with E-state index in [-0.39, 0.29) is 0 Å². The molecule has 2 rings (SSSR count). The predicted molar refractivity (Wildman–Crippen MR) is 71.7 cm³/mol. The second-order valence-corrected chi connectivity index (χ2v) is 4.52. The van der Waals surface area contributed by atoms with Crippen molar-refractivity contribution in [1.82, 2.24) is 10.4 Å². The predicted octanol–water partition coefficient (Wildman–Crippen LogP) is 1.79. The van der Waals surface area contributed by atoms with Gasteiger partial charge < -0.3 is 9.47 Å². The van der Waals surface area contributed by atoms with Crippen LogP contribution in [0.4, 0.5) is 0 Å². The van der Waals surface area contributed by atoms with Gasteiger partial charge in [0.25, 0.3) is 0 Å². The van der Waals surface area contributed by atoms with Crippen molar-refractivity contribution >= 4 is 11.3 Å². The molecule has 96 valence electrons. The molecule has 0 saturated heterocycles. The smallest absolute Gasteiger partial charge is 0.161 e. The van der Waals surface area contributed by atoms with E-state index in [1.54, 1.807) is 25.6 Å². The fraction of sp³-hybridized carbons (Fsp3) is 0.250. The molecule has 0 aliphatic carbocycles. The quantitative estimate of drug-likeness (QED) is 0.637. The first kappa shape index (κ1) is 12.8. The van der Waals surface area contributed by atoms with E-state index in [1.807, 2.05) is 23.6 Å². The molecule has 18 heavy (non-hydrogen) atoms. The minimum Gasteiger partial charge on any atom is -0.493 e. The summed E-state index contributed by atoms with van der Waals surface area (Å²) in [5.74, 6) is 6.68. The molecular formula is C12H15N3O2S. The summed E-state index contributed by atoms with van der Waals surface area (Å²) in [6.07, 6.45) is 0. The van der Waals surface area contributed by atoms with E-state index >= 15 is 0 Å². The summed E-state index contributed by atoms with van der Waals surface area (Å²) < 4.78 is 10.5. The van der Waals surface area contributed by atoms with E-state index in [4.69, 9.17) is 15.3 Å². The third kappa shape index (κ3) is 2.61. The SMILES string of the molecule is COc1ccc(-c2csc(CNN)n2)cc1OC. The number of methoxy groups -OCH3 is 2. The van der Waals surface area contributed by atoms with Crippen molar-refractivity contribution < 1.29 is 9.47 Å². The molecule has 0 aliphatic heterocycles. The molecule has 0 atom stereocenters. The van der Waals surface area contributed by atoms with E-state index in [0.717, 1.165) is 16.3 Å². The van der Waals surface area contributed by atoms with Crippen LogP contribution in [-0.4, -0.2) is 19.2 Å². The Bertz CT molecular complexity index is 528. The number of thiazole rings is 1. The Morgan fingerprint density at radius 2 is 2.06 bits per heavy atom. The summed E-state index contributed by atoms with van der Waals surface area (Å²) in [5, 5.41) is 2.94. The Morgan fingerprint density at radius 1 is 1.28 bits per heavy atom. The van der Waals surface area contributed by atoms with Gasteiger partial charge in [0, 0.05) is 10.9 Å². The van der Waals surface area contributed by atoms with Crippen LogP contribution in [0.3, 0.4) is 0 Å². The second-order valence-electron chi connectivity index (χ2n) is 3.58. The highest BCUT2D eigenvalue weighted by atomic mass is 32.1. The van der Waals surface area contributed by atoms with Crippen LogP contribution in [0.1, 0.15) is 5.01 Å². The summed E-state index contributed by atoms with van der Waals surface area (Å²) in [5.41, 5.74) is 4.49. The lowest BCUT2D eigenvalue weighted by Crippen LogP contribution is -2.20. The monoisotopic (exact) mass is 265 g/mol. The van der Waals surface area contributed by atoms with Crippen LogP contribution >= 0.6 is 11.3 Å². The molecule has 0 radical (unpaired) electrons. The van der Waals surface area contributed by atoms with E-state index in [2.05, 4.69) is 10.4 Å². The molecule has 1 aromatic carbocycles. The molecule has 0 amide bonds. The van der Waals surface area contributed by atoms with Crippen molar-refractivity contribution in [2.45, 2.75) is 6.54 Å². The molecule has 0 unspecified atom stereocenters. The van der Waals surface area contributed by atoms with Crippen molar-refractivity contribution in [3.8, 4) is 22.8 Å². The van der Waals surface area contributed by atoms with Gasteiger partial charge >= 0.3 is 0 Å². The lowest BCUT2D eigenvalue weighted by atomic mass is 10.1. The first-order valence-electron chi connectivity index (χ1n) is 5.38. The number of rotatable bonds is 5. The average molecular weight is 265 g/mol. The van der Waals surface area contributed by atoms with Gasteiger partial charge in [-0.2, -0.15) is 0 Å². The van der Waals surface area contributed by atoms with Crippen LogP contribution in [-0.2, 0) is 6.54 Å². The number of hydrazine groups is 1. The van der Waals surface area contributed by atoms with Crippen LogP contribution < -0.4 is 20.7 Å². The van der Waals surface area contributed by atoms with E-state index in [1.165, 1.54) is 0 Å². The van der Waals surface area contributed by atoms with Gasteiger partial charge in [0.15, 0.2) is 11.5 Å². The lowest BCUT2D eigenvalue weighted by Gasteiger charge is -2.08. The van der Waals surface area contributed by atoms with Crippen LogP contribution in [0.2, 0.25) is 0 Å². The fourth-order valence-electron chi connectivity index (χ4n) is 1.61. The highest BCUT2D eigenvalue weighted by Gasteiger charge is 2.08. The molecular weight excluding hydrogens is 250 g/mol. The molecule has 0 spiro atoms. The van der Waals surface area contributed by atoms with Gasteiger partial charge in [-0.05, 0) is 18.2 Å².